The molecule has 29 heavy (non-hydrogen) atoms. The first-order valence-corrected chi connectivity index (χ1v) is 11.3. The van der Waals surface area contributed by atoms with Crippen LogP contribution in [0.1, 0.15) is 20.8 Å². The third kappa shape index (κ3) is 3.46. The van der Waals surface area contributed by atoms with Crippen molar-refractivity contribution in [2.75, 3.05) is 0 Å². The number of aromatic nitrogens is 2. The zero-order valence-electron chi connectivity index (χ0n) is 15.2. The summed E-state index contributed by atoms with van der Waals surface area (Å²) in [7, 11) is 0. The molecule has 5 rings (SSSR count). The number of fused-ring (bicyclic) bond motifs is 3. The molecular formula is C23H15ClN2OS2. The lowest BCUT2D eigenvalue weighted by Gasteiger charge is -2.01. The van der Waals surface area contributed by atoms with Gasteiger partial charge < -0.3 is 0 Å². The smallest absolute Gasteiger partial charge is 0.205 e. The van der Waals surface area contributed by atoms with Gasteiger partial charge in [0.2, 0.25) is 5.78 Å². The molecule has 3 nitrogen and oxygen atoms in total. The molecular weight excluding hydrogens is 420 g/mol. The van der Waals surface area contributed by atoms with Crippen LogP contribution in [0.4, 0.5) is 0 Å². The van der Waals surface area contributed by atoms with E-state index in [2.05, 4.69) is 16.5 Å². The molecule has 0 atom stereocenters. The second-order valence-electron chi connectivity index (χ2n) is 6.57. The number of carbonyl (C=O) groups is 1. The van der Waals surface area contributed by atoms with E-state index in [1.807, 2.05) is 42.6 Å². The van der Waals surface area contributed by atoms with Gasteiger partial charge >= 0.3 is 0 Å². The molecule has 142 valence electrons. The fourth-order valence-electron chi connectivity index (χ4n) is 3.25. The zero-order valence-corrected chi connectivity index (χ0v) is 17.6. The summed E-state index contributed by atoms with van der Waals surface area (Å²) < 4.78 is 3.16. The second kappa shape index (κ2) is 7.67. The van der Waals surface area contributed by atoms with Crippen LogP contribution in [0, 0.1) is 0 Å². The molecule has 0 aliphatic heterocycles. The Bertz CT molecular complexity index is 1320. The highest BCUT2D eigenvalue weighted by molar-refractivity contribution is 8.00. The number of nitrogens with zero attached hydrogens (tertiary/aromatic N) is 2. The Morgan fingerprint density at radius 3 is 2.55 bits per heavy atom. The summed E-state index contributed by atoms with van der Waals surface area (Å²) in [6, 6.07) is 23.3. The van der Waals surface area contributed by atoms with E-state index >= 15 is 0 Å². The van der Waals surface area contributed by atoms with E-state index in [0.717, 1.165) is 26.6 Å². The third-order valence-corrected chi connectivity index (χ3v) is 7.41. The summed E-state index contributed by atoms with van der Waals surface area (Å²) in [5, 5.41) is 0.615. The van der Waals surface area contributed by atoms with Crippen molar-refractivity contribution in [3.8, 4) is 0 Å². The van der Waals surface area contributed by atoms with Crippen LogP contribution in [0.15, 0.2) is 83.2 Å². The van der Waals surface area contributed by atoms with Crippen molar-refractivity contribution in [2.45, 2.75) is 9.96 Å². The monoisotopic (exact) mass is 434 g/mol. The average molecular weight is 435 g/mol. The van der Waals surface area contributed by atoms with E-state index < -0.39 is 0 Å². The zero-order chi connectivity index (χ0) is 19.8. The number of pyridine rings is 1. The Balaban J connectivity index is 1.62. The second-order valence-corrected chi connectivity index (χ2v) is 9.27. The van der Waals surface area contributed by atoms with E-state index in [-0.39, 0.29) is 5.78 Å². The van der Waals surface area contributed by atoms with Crippen LogP contribution >= 0.6 is 34.7 Å². The van der Waals surface area contributed by atoms with Crippen molar-refractivity contribution in [3.63, 3.8) is 0 Å². The van der Waals surface area contributed by atoms with E-state index in [9.17, 15) is 4.79 Å². The highest BCUT2D eigenvalue weighted by Gasteiger charge is 2.23. The van der Waals surface area contributed by atoms with Crippen molar-refractivity contribution in [3.05, 3.63) is 100 Å². The molecule has 0 saturated heterocycles. The van der Waals surface area contributed by atoms with Crippen molar-refractivity contribution in [1.82, 2.24) is 9.38 Å². The minimum atomic E-state index is -0.0216. The predicted molar refractivity (Wildman–Crippen MR) is 121 cm³/mol. The number of ketones is 1. The molecule has 2 aromatic carbocycles. The molecule has 6 heteroatoms. The van der Waals surface area contributed by atoms with Gasteiger partial charge in [-0.25, -0.2) is 4.98 Å². The molecule has 0 spiro atoms. The molecule has 0 unspecified atom stereocenters. The summed E-state index contributed by atoms with van der Waals surface area (Å²) in [5.74, 6) is 0.817. The predicted octanol–water partition coefficient (Wildman–Crippen LogP) is 6.73. The Morgan fingerprint density at radius 1 is 1.00 bits per heavy atom. The van der Waals surface area contributed by atoms with Crippen molar-refractivity contribution in [2.24, 2.45) is 0 Å². The Kier molecular flexibility index (Phi) is 4.87. The molecule has 0 fully saturated rings. The molecule has 3 heterocycles. The molecule has 0 radical (unpaired) electrons. The summed E-state index contributed by atoms with van der Waals surface area (Å²) in [5.41, 5.74) is 4.48. The first kappa shape index (κ1) is 18.4. The van der Waals surface area contributed by atoms with E-state index in [4.69, 9.17) is 16.6 Å². The van der Waals surface area contributed by atoms with Gasteiger partial charge in [-0.15, -0.1) is 23.1 Å². The van der Waals surface area contributed by atoms with Crippen LogP contribution < -0.4 is 0 Å². The number of carbonyl (C=O) groups excluding carboxylic acids is 1. The van der Waals surface area contributed by atoms with Crippen molar-refractivity contribution >= 4 is 57.2 Å². The first-order chi connectivity index (χ1) is 14.2. The van der Waals surface area contributed by atoms with Crippen LogP contribution in [0.2, 0.25) is 5.02 Å². The Hall–Kier alpha value is -2.60. The number of imidazole rings is 1. The van der Waals surface area contributed by atoms with Gasteiger partial charge in [-0.05, 0) is 42.0 Å². The van der Waals surface area contributed by atoms with Crippen LogP contribution in [-0.4, -0.2) is 15.2 Å². The highest BCUT2D eigenvalue weighted by Crippen LogP contribution is 2.40. The van der Waals surface area contributed by atoms with Gasteiger partial charge in [0.05, 0.1) is 9.73 Å². The van der Waals surface area contributed by atoms with Crippen molar-refractivity contribution in [1.29, 1.82) is 0 Å². The van der Waals surface area contributed by atoms with Gasteiger partial charge in [0, 0.05) is 22.5 Å². The summed E-state index contributed by atoms with van der Waals surface area (Å²) >= 11 is 9.25. The maximum atomic E-state index is 13.2. The molecule has 0 aliphatic carbocycles. The molecule has 0 bridgehead atoms. The van der Waals surface area contributed by atoms with Crippen LogP contribution in [-0.2, 0) is 5.75 Å². The Morgan fingerprint density at radius 2 is 1.76 bits per heavy atom. The standard InChI is InChI=1S/C23H15ClN2OS2/c24-17-11-9-16(10-12-17)21(27)22-19-20(26-13-5-4-8-18(26)25-19)23(29-22)28-14-15-6-2-1-3-7-15/h1-13H,14H2. The molecule has 0 N–H and O–H groups in total. The summed E-state index contributed by atoms with van der Waals surface area (Å²) in [4.78, 5) is 18.7. The molecule has 0 amide bonds. The topological polar surface area (TPSA) is 34.4 Å². The fraction of sp³-hybridized carbons (Fsp3) is 0.0435. The first-order valence-electron chi connectivity index (χ1n) is 9.07. The van der Waals surface area contributed by atoms with Gasteiger partial charge in [0.15, 0.2) is 0 Å². The van der Waals surface area contributed by atoms with Crippen LogP contribution in [0.25, 0.3) is 16.7 Å². The summed E-state index contributed by atoms with van der Waals surface area (Å²) in [6.45, 7) is 0. The number of halogens is 1. The minimum Gasteiger partial charge on any atom is -0.298 e. The van der Waals surface area contributed by atoms with Crippen molar-refractivity contribution < 1.29 is 4.79 Å². The lowest BCUT2D eigenvalue weighted by molar-refractivity contribution is 0.104. The van der Waals surface area contributed by atoms with Gasteiger partial charge in [-0.2, -0.15) is 0 Å². The van der Waals surface area contributed by atoms with E-state index in [0.29, 0.717) is 15.5 Å². The van der Waals surface area contributed by atoms with Crippen LogP contribution in [0.5, 0.6) is 0 Å². The fourth-order valence-corrected chi connectivity index (χ4v) is 5.78. The lowest BCUT2D eigenvalue weighted by Crippen LogP contribution is -1.98. The van der Waals surface area contributed by atoms with Gasteiger partial charge in [-0.1, -0.05) is 48.0 Å². The quantitative estimate of drug-likeness (QED) is 0.227. The number of benzene rings is 2. The number of hydrogen-bond acceptors (Lipinski definition) is 4. The van der Waals surface area contributed by atoms with Gasteiger partial charge in [0.1, 0.15) is 16.0 Å². The van der Waals surface area contributed by atoms with E-state index in [1.165, 1.54) is 16.9 Å². The maximum Gasteiger partial charge on any atom is 0.205 e. The molecule has 0 aliphatic rings. The molecule has 5 aromatic rings. The SMILES string of the molecule is O=C(c1ccc(Cl)cc1)c1sc(SCc2ccccc2)c2c1nc1ccccn12. The van der Waals surface area contributed by atoms with Crippen LogP contribution in [0.3, 0.4) is 0 Å². The lowest BCUT2D eigenvalue weighted by atomic mass is 10.1. The largest absolute Gasteiger partial charge is 0.298 e. The minimum absolute atomic E-state index is 0.0216. The average Bonchev–Trinajstić information content (AvgIpc) is 3.30. The normalized spacial score (nSPS) is 11.3. The van der Waals surface area contributed by atoms with Gasteiger partial charge in [-0.3, -0.25) is 9.20 Å². The number of thioether (sulfide) groups is 1. The number of rotatable bonds is 5. The van der Waals surface area contributed by atoms with E-state index in [1.54, 1.807) is 36.0 Å². The highest BCUT2D eigenvalue weighted by atomic mass is 35.5. The van der Waals surface area contributed by atoms with Gasteiger partial charge in [0.25, 0.3) is 0 Å². The maximum absolute atomic E-state index is 13.2. The third-order valence-electron chi connectivity index (χ3n) is 4.66. The molecule has 3 aromatic heterocycles. The number of hydrogen-bond donors (Lipinski definition) is 0. The Labute approximate surface area is 181 Å². The number of thiophene rings is 1. The molecule has 0 saturated carbocycles. The summed E-state index contributed by atoms with van der Waals surface area (Å²) in [6.07, 6.45) is 2.00.